The van der Waals surface area contributed by atoms with E-state index in [1.54, 1.807) is 12.1 Å². The van der Waals surface area contributed by atoms with Crippen LogP contribution in [0, 0.1) is 5.92 Å². The summed E-state index contributed by atoms with van der Waals surface area (Å²) in [5, 5.41) is 14.4. The van der Waals surface area contributed by atoms with Crippen LogP contribution >= 0.6 is 0 Å². The normalized spacial score (nSPS) is 14.9. The molecule has 0 aromatic heterocycles. The third kappa shape index (κ3) is 5.10. The summed E-state index contributed by atoms with van der Waals surface area (Å²) in [7, 11) is 0. The van der Waals surface area contributed by atoms with Crippen LogP contribution in [0.1, 0.15) is 48.9 Å². The first-order chi connectivity index (χ1) is 10.1. The standard InChI is InChI=1S/C16H22N2O3/c19-15(20)13-8-3-9-14(11-13)18-16(21)17-10-4-7-12-5-1-2-6-12/h3,8-9,11-12H,1-2,4-7,10H2,(H,19,20)(H2,17,18,21). The van der Waals surface area contributed by atoms with Gasteiger partial charge in [0.2, 0.25) is 0 Å². The molecule has 0 bridgehead atoms. The quantitative estimate of drug-likeness (QED) is 0.702. The van der Waals surface area contributed by atoms with E-state index in [2.05, 4.69) is 10.6 Å². The van der Waals surface area contributed by atoms with Gasteiger partial charge in [0, 0.05) is 12.2 Å². The zero-order chi connectivity index (χ0) is 15.1. The lowest BCUT2D eigenvalue weighted by atomic mass is 10.0. The maximum atomic E-state index is 11.7. The zero-order valence-electron chi connectivity index (χ0n) is 12.1. The molecule has 1 aliphatic rings. The van der Waals surface area contributed by atoms with E-state index >= 15 is 0 Å². The highest BCUT2D eigenvalue weighted by molar-refractivity contribution is 5.93. The van der Waals surface area contributed by atoms with Crippen molar-refractivity contribution >= 4 is 17.7 Å². The molecule has 1 aromatic rings. The Morgan fingerprint density at radius 2 is 2.00 bits per heavy atom. The number of carboxylic acid groups (broad SMARTS) is 1. The van der Waals surface area contributed by atoms with Gasteiger partial charge in [-0.2, -0.15) is 0 Å². The molecule has 1 aliphatic carbocycles. The van der Waals surface area contributed by atoms with Crippen molar-refractivity contribution in [3.63, 3.8) is 0 Å². The molecule has 114 valence electrons. The lowest BCUT2D eigenvalue weighted by molar-refractivity contribution is 0.0697. The van der Waals surface area contributed by atoms with Gasteiger partial charge >= 0.3 is 12.0 Å². The first kappa shape index (κ1) is 15.4. The minimum atomic E-state index is -1.00. The Balaban J connectivity index is 1.69. The molecule has 0 aliphatic heterocycles. The number of hydrogen-bond acceptors (Lipinski definition) is 2. The van der Waals surface area contributed by atoms with Crippen molar-refractivity contribution in [2.24, 2.45) is 5.92 Å². The highest BCUT2D eigenvalue weighted by Gasteiger charge is 2.14. The van der Waals surface area contributed by atoms with Gasteiger partial charge in [0.05, 0.1) is 5.56 Å². The van der Waals surface area contributed by atoms with Crippen LogP contribution in [0.15, 0.2) is 24.3 Å². The van der Waals surface area contributed by atoms with Crippen molar-refractivity contribution in [3.8, 4) is 0 Å². The van der Waals surface area contributed by atoms with Gasteiger partial charge in [-0.25, -0.2) is 9.59 Å². The van der Waals surface area contributed by atoms with E-state index < -0.39 is 5.97 Å². The third-order valence-electron chi connectivity index (χ3n) is 3.92. The van der Waals surface area contributed by atoms with Crippen molar-refractivity contribution < 1.29 is 14.7 Å². The predicted octanol–water partition coefficient (Wildman–Crippen LogP) is 3.48. The topological polar surface area (TPSA) is 78.4 Å². The van der Waals surface area contributed by atoms with Crippen molar-refractivity contribution in [2.45, 2.75) is 38.5 Å². The van der Waals surface area contributed by atoms with Crippen LogP contribution in [0.4, 0.5) is 10.5 Å². The van der Waals surface area contributed by atoms with Gasteiger partial charge in [-0.3, -0.25) is 0 Å². The number of rotatable bonds is 6. The van der Waals surface area contributed by atoms with Crippen molar-refractivity contribution in [3.05, 3.63) is 29.8 Å². The number of carbonyl (C=O) groups excluding carboxylic acids is 1. The summed E-state index contributed by atoms with van der Waals surface area (Å²) >= 11 is 0. The number of hydrogen-bond donors (Lipinski definition) is 3. The highest BCUT2D eigenvalue weighted by Crippen LogP contribution is 2.28. The molecule has 21 heavy (non-hydrogen) atoms. The number of benzene rings is 1. The molecule has 0 atom stereocenters. The monoisotopic (exact) mass is 290 g/mol. The molecule has 1 fully saturated rings. The largest absolute Gasteiger partial charge is 0.478 e. The Kier molecular flexibility index (Phi) is 5.60. The van der Waals surface area contributed by atoms with Crippen molar-refractivity contribution in [1.29, 1.82) is 0 Å². The average Bonchev–Trinajstić information content (AvgIpc) is 2.97. The lowest BCUT2D eigenvalue weighted by Gasteiger charge is -2.10. The number of amides is 2. The molecule has 1 saturated carbocycles. The minimum Gasteiger partial charge on any atom is -0.478 e. The van der Waals surface area contributed by atoms with E-state index in [0.717, 1.165) is 12.3 Å². The number of carbonyl (C=O) groups is 2. The molecule has 2 rings (SSSR count). The fourth-order valence-corrected chi connectivity index (χ4v) is 2.80. The molecular formula is C16H22N2O3. The fourth-order valence-electron chi connectivity index (χ4n) is 2.80. The van der Waals surface area contributed by atoms with Crippen LogP contribution in [0.5, 0.6) is 0 Å². The maximum absolute atomic E-state index is 11.7. The van der Waals surface area contributed by atoms with Gasteiger partial charge < -0.3 is 15.7 Å². The summed E-state index contributed by atoms with van der Waals surface area (Å²) in [6.45, 7) is 0.654. The van der Waals surface area contributed by atoms with Gasteiger partial charge in [0.1, 0.15) is 0 Å². The number of carboxylic acids is 1. The Morgan fingerprint density at radius 3 is 2.71 bits per heavy atom. The van der Waals surface area contributed by atoms with Crippen LogP contribution in [-0.4, -0.2) is 23.7 Å². The van der Waals surface area contributed by atoms with E-state index in [4.69, 9.17) is 5.11 Å². The Hall–Kier alpha value is -2.04. The molecular weight excluding hydrogens is 268 g/mol. The van der Waals surface area contributed by atoms with E-state index in [1.807, 2.05) is 0 Å². The second-order valence-electron chi connectivity index (χ2n) is 5.56. The first-order valence-corrected chi connectivity index (χ1v) is 7.53. The highest BCUT2D eigenvalue weighted by atomic mass is 16.4. The lowest BCUT2D eigenvalue weighted by Crippen LogP contribution is -2.29. The van der Waals surface area contributed by atoms with Crippen LogP contribution in [0.25, 0.3) is 0 Å². The maximum Gasteiger partial charge on any atom is 0.335 e. The van der Waals surface area contributed by atoms with Gasteiger partial charge in [-0.05, 0) is 37.0 Å². The summed E-state index contributed by atoms with van der Waals surface area (Å²) in [5.41, 5.74) is 0.650. The molecule has 2 amide bonds. The van der Waals surface area contributed by atoms with Crippen LogP contribution < -0.4 is 10.6 Å². The van der Waals surface area contributed by atoms with Gasteiger partial charge in [-0.15, -0.1) is 0 Å². The molecule has 0 heterocycles. The summed E-state index contributed by atoms with van der Waals surface area (Å²) in [6.07, 6.45) is 7.52. The van der Waals surface area contributed by atoms with Crippen LogP contribution in [0.3, 0.4) is 0 Å². The van der Waals surface area contributed by atoms with Crippen molar-refractivity contribution in [1.82, 2.24) is 5.32 Å². The Bertz CT molecular complexity index is 496. The van der Waals surface area contributed by atoms with E-state index in [0.29, 0.717) is 12.2 Å². The first-order valence-electron chi connectivity index (χ1n) is 7.53. The predicted molar refractivity (Wildman–Crippen MR) is 81.6 cm³/mol. The third-order valence-corrected chi connectivity index (χ3v) is 3.92. The smallest absolute Gasteiger partial charge is 0.335 e. The fraction of sp³-hybridized carbons (Fsp3) is 0.500. The summed E-state index contributed by atoms with van der Waals surface area (Å²) in [4.78, 5) is 22.6. The van der Waals surface area contributed by atoms with E-state index in [-0.39, 0.29) is 11.6 Å². The summed E-state index contributed by atoms with van der Waals surface area (Å²) < 4.78 is 0. The second-order valence-corrected chi connectivity index (χ2v) is 5.56. The Labute approximate surface area is 124 Å². The average molecular weight is 290 g/mol. The molecule has 0 radical (unpaired) electrons. The molecule has 5 heteroatoms. The number of nitrogens with one attached hydrogen (secondary N) is 2. The molecule has 5 nitrogen and oxygen atoms in total. The van der Waals surface area contributed by atoms with Gasteiger partial charge in [0.15, 0.2) is 0 Å². The van der Waals surface area contributed by atoms with Crippen LogP contribution in [0.2, 0.25) is 0 Å². The van der Waals surface area contributed by atoms with Gasteiger partial charge in [-0.1, -0.05) is 31.7 Å². The number of aromatic carboxylic acids is 1. The number of urea groups is 1. The van der Waals surface area contributed by atoms with Gasteiger partial charge in [0.25, 0.3) is 0 Å². The minimum absolute atomic E-state index is 0.161. The number of anilines is 1. The van der Waals surface area contributed by atoms with Crippen molar-refractivity contribution in [2.75, 3.05) is 11.9 Å². The zero-order valence-corrected chi connectivity index (χ0v) is 12.1. The molecule has 3 N–H and O–H groups in total. The van der Waals surface area contributed by atoms with E-state index in [1.165, 1.54) is 44.2 Å². The Morgan fingerprint density at radius 1 is 1.24 bits per heavy atom. The second kappa shape index (κ2) is 7.67. The summed E-state index contributed by atoms with van der Waals surface area (Å²) in [5.74, 6) is -0.169. The van der Waals surface area contributed by atoms with Crippen LogP contribution in [-0.2, 0) is 0 Å². The SMILES string of the molecule is O=C(NCCCC1CCCC1)Nc1cccc(C(=O)O)c1. The molecule has 0 saturated heterocycles. The summed E-state index contributed by atoms with van der Waals surface area (Å²) in [6, 6.07) is 5.93. The molecule has 0 unspecified atom stereocenters. The molecule has 0 spiro atoms. The molecule has 1 aromatic carbocycles. The van der Waals surface area contributed by atoms with E-state index in [9.17, 15) is 9.59 Å².